The van der Waals surface area contributed by atoms with Crippen molar-refractivity contribution >= 4 is 16.7 Å². The molecule has 0 saturated carbocycles. The summed E-state index contributed by atoms with van der Waals surface area (Å²) >= 11 is 0. The number of nitrogens with zero attached hydrogens (tertiary/aromatic N) is 2. The van der Waals surface area contributed by atoms with Gasteiger partial charge in [0.25, 0.3) is 5.56 Å². The van der Waals surface area contributed by atoms with Crippen LogP contribution in [0.15, 0.2) is 41.3 Å². The average molecular weight is 283 g/mol. The van der Waals surface area contributed by atoms with Crippen LogP contribution in [0.4, 0.5) is 10.2 Å². The molecule has 0 fully saturated rings. The van der Waals surface area contributed by atoms with Crippen LogP contribution >= 0.6 is 0 Å². The molecule has 3 rings (SSSR count). The van der Waals surface area contributed by atoms with Crippen molar-refractivity contribution in [2.75, 3.05) is 5.73 Å². The summed E-state index contributed by atoms with van der Waals surface area (Å²) in [6, 6.07) is 7.83. The van der Waals surface area contributed by atoms with Crippen molar-refractivity contribution in [3.8, 4) is 11.1 Å². The molecule has 106 valence electrons. The van der Waals surface area contributed by atoms with Gasteiger partial charge in [-0.3, -0.25) is 4.79 Å². The summed E-state index contributed by atoms with van der Waals surface area (Å²) in [5.74, 6) is 0.0477. The van der Waals surface area contributed by atoms with Crippen LogP contribution in [0.25, 0.3) is 22.0 Å². The molecule has 0 unspecified atom stereocenters. The largest absolute Gasteiger partial charge is 0.384 e. The van der Waals surface area contributed by atoms with Gasteiger partial charge in [0.05, 0.1) is 5.52 Å². The molecule has 0 aliphatic heterocycles. The molecule has 0 spiro atoms. The number of aryl methyl sites for hydroxylation is 2. The Morgan fingerprint density at radius 1 is 1.19 bits per heavy atom. The molecule has 2 N–H and O–H groups in total. The molecule has 0 atom stereocenters. The first-order valence-corrected chi connectivity index (χ1v) is 6.49. The normalized spacial score (nSPS) is 11.0. The quantitative estimate of drug-likeness (QED) is 0.746. The lowest BCUT2D eigenvalue weighted by Gasteiger charge is -2.11. The molecule has 0 bridgehead atoms. The van der Waals surface area contributed by atoms with Crippen molar-refractivity contribution in [3.63, 3.8) is 0 Å². The lowest BCUT2D eigenvalue weighted by molar-refractivity contribution is 0.627. The maximum Gasteiger partial charge on any atom is 0.258 e. The zero-order chi connectivity index (χ0) is 15.1. The third-order valence-electron chi connectivity index (χ3n) is 3.61. The number of nitrogens with two attached hydrogens (primary N) is 1. The first-order chi connectivity index (χ1) is 9.97. The van der Waals surface area contributed by atoms with E-state index < -0.39 is 0 Å². The van der Waals surface area contributed by atoms with E-state index in [1.54, 1.807) is 38.4 Å². The first-order valence-electron chi connectivity index (χ1n) is 6.49. The molecule has 0 aliphatic rings. The first kappa shape index (κ1) is 13.3. The predicted octanol–water partition coefficient (Wildman–Crippen LogP) is 2.63. The van der Waals surface area contributed by atoms with Gasteiger partial charge in [-0.15, -0.1) is 0 Å². The van der Waals surface area contributed by atoms with Gasteiger partial charge < -0.3 is 10.3 Å². The van der Waals surface area contributed by atoms with E-state index in [0.29, 0.717) is 11.4 Å². The molecule has 2 aromatic heterocycles. The van der Waals surface area contributed by atoms with Gasteiger partial charge in [0.15, 0.2) is 0 Å². The number of hydrogen-bond acceptors (Lipinski definition) is 3. The van der Waals surface area contributed by atoms with Crippen molar-refractivity contribution in [3.05, 3.63) is 58.3 Å². The van der Waals surface area contributed by atoms with Gasteiger partial charge in [-0.2, -0.15) is 0 Å². The van der Waals surface area contributed by atoms with Gasteiger partial charge in [-0.25, -0.2) is 9.37 Å². The zero-order valence-corrected chi connectivity index (χ0v) is 11.7. The smallest absolute Gasteiger partial charge is 0.258 e. The summed E-state index contributed by atoms with van der Waals surface area (Å²) in [5.41, 5.74) is 8.19. The Morgan fingerprint density at radius 3 is 2.67 bits per heavy atom. The molecule has 4 nitrogen and oxygen atoms in total. The zero-order valence-electron chi connectivity index (χ0n) is 11.7. The third kappa shape index (κ3) is 2.16. The number of benzene rings is 1. The Kier molecular flexibility index (Phi) is 2.97. The Bertz CT molecular complexity index is 915. The van der Waals surface area contributed by atoms with Gasteiger partial charge in [-0.1, -0.05) is 6.07 Å². The van der Waals surface area contributed by atoms with E-state index in [9.17, 15) is 9.18 Å². The summed E-state index contributed by atoms with van der Waals surface area (Å²) in [5, 5.41) is 0.810. The van der Waals surface area contributed by atoms with Gasteiger partial charge >= 0.3 is 0 Å². The Balaban J connectivity index is 2.36. The van der Waals surface area contributed by atoms with Crippen LogP contribution in [0.2, 0.25) is 0 Å². The number of nitrogen functional groups attached to an aromatic ring is 1. The number of halogens is 1. The van der Waals surface area contributed by atoms with E-state index in [4.69, 9.17) is 5.73 Å². The Hall–Kier alpha value is -2.69. The Labute approximate surface area is 120 Å². The summed E-state index contributed by atoms with van der Waals surface area (Å²) in [4.78, 5) is 16.6. The molecule has 0 saturated heterocycles. The van der Waals surface area contributed by atoms with Crippen LogP contribution in [0.1, 0.15) is 5.56 Å². The minimum atomic E-state index is -0.316. The van der Waals surface area contributed by atoms with Gasteiger partial charge in [0, 0.05) is 30.3 Å². The molecular weight excluding hydrogens is 269 g/mol. The highest BCUT2D eigenvalue weighted by molar-refractivity contribution is 5.85. The van der Waals surface area contributed by atoms with E-state index in [1.807, 2.05) is 0 Å². The van der Waals surface area contributed by atoms with Crippen LogP contribution in [0.3, 0.4) is 0 Å². The molecule has 2 heterocycles. The highest BCUT2D eigenvalue weighted by atomic mass is 19.1. The predicted molar refractivity (Wildman–Crippen MR) is 81.5 cm³/mol. The van der Waals surface area contributed by atoms with Crippen LogP contribution in [-0.2, 0) is 7.05 Å². The number of aromatic nitrogens is 2. The minimum Gasteiger partial charge on any atom is -0.384 e. The molecule has 3 aromatic rings. The maximum absolute atomic E-state index is 13.2. The lowest BCUT2D eigenvalue weighted by atomic mass is 10.0. The third-order valence-corrected chi connectivity index (χ3v) is 3.61. The monoisotopic (exact) mass is 283 g/mol. The second-order valence-electron chi connectivity index (χ2n) is 5.05. The molecule has 1 aromatic carbocycles. The van der Waals surface area contributed by atoms with Crippen LogP contribution in [0.5, 0.6) is 0 Å². The van der Waals surface area contributed by atoms with Gasteiger partial charge in [0.1, 0.15) is 11.6 Å². The Morgan fingerprint density at radius 2 is 1.95 bits per heavy atom. The highest BCUT2D eigenvalue weighted by Gasteiger charge is 2.12. The van der Waals surface area contributed by atoms with Crippen molar-refractivity contribution in [2.45, 2.75) is 6.92 Å². The van der Waals surface area contributed by atoms with E-state index in [-0.39, 0.29) is 11.4 Å². The second kappa shape index (κ2) is 4.70. The molecular formula is C16H14FN3O. The topological polar surface area (TPSA) is 60.9 Å². The number of pyridine rings is 2. The van der Waals surface area contributed by atoms with Crippen LogP contribution < -0.4 is 11.3 Å². The minimum absolute atomic E-state index is 0.150. The molecule has 21 heavy (non-hydrogen) atoms. The summed E-state index contributed by atoms with van der Waals surface area (Å²) in [7, 11) is 1.69. The standard InChI is InChI=1S/C16H14FN3O/c1-9-5-11(17)3-4-12(9)13-6-10-8-19-15(18)7-14(10)20(2)16(13)21/h3-8H,1-2H3,(H2,18,19). The molecule has 5 heteroatoms. The van der Waals surface area contributed by atoms with Gasteiger partial charge in [-0.05, 0) is 36.2 Å². The fraction of sp³-hybridized carbons (Fsp3) is 0.125. The van der Waals surface area contributed by atoms with Crippen LogP contribution in [0, 0.1) is 12.7 Å². The SMILES string of the molecule is Cc1cc(F)ccc1-c1cc2cnc(N)cc2n(C)c1=O. The average Bonchev–Trinajstić information content (AvgIpc) is 2.44. The maximum atomic E-state index is 13.2. The van der Waals surface area contributed by atoms with Crippen molar-refractivity contribution < 1.29 is 4.39 Å². The molecule has 0 amide bonds. The number of fused-ring (bicyclic) bond motifs is 1. The molecule has 0 radical (unpaired) electrons. The van der Waals surface area contributed by atoms with Gasteiger partial charge in [0.2, 0.25) is 0 Å². The van der Waals surface area contributed by atoms with Crippen LogP contribution in [-0.4, -0.2) is 9.55 Å². The molecule has 0 aliphatic carbocycles. The summed E-state index contributed by atoms with van der Waals surface area (Å²) < 4.78 is 14.8. The van der Waals surface area contributed by atoms with Crippen molar-refractivity contribution in [2.24, 2.45) is 7.05 Å². The fourth-order valence-corrected chi connectivity index (χ4v) is 2.50. The fourth-order valence-electron chi connectivity index (χ4n) is 2.50. The number of hydrogen-bond donors (Lipinski definition) is 1. The summed E-state index contributed by atoms with van der Waals surface area (Å²) in [6.07, 6.45) is 1.63. The second-order valence-corrected chi connectivity index (χ2v) is 5.05. The number of rotatable bonds is 1. The van der Waals surface area contributed by atoms with E-state index in [0.717, 1.165) is 22.0 Å². The van der Waals surface area contributed by atoms with Crippen molar-refractivity contribution in [1.82, 2.24) is 9.55 Å². The number of anilines is 1. The highest BCUT2D eigenvalue weighted by Crippen LogP contribution is 2.24. The lowest BCUT2D eigenvalue weighted by Crippen LogP contribution is -2.19. The van der Waals surface area contributed by atoms with Crippen molar-refractivity contribution in [1.29, 1.82) is 0 Å². The van der Waals surface area contributed by atoms with E-state index in [1.165, 1.54) is 16.7 Å². The van der Waals surface area contributed by atoms with E-state index in [2.05, 4.69) is 4.98 Å². The van der Waals surface area contributed by atoms with E-state index >= 15 is 0 Å². The summed E-state index contributed by atoms with van der Waals surface area (Å²) in [6.45, 7) is 1.78.